The Morgan fingerprint density at radius 1 is 1.26 bits per heavy atom. The highest BCUT2D eigenvalue weighted by Crippen LogP contribution is 2.47. The third-order valence-corrected chi connectivity index (χ3v) is 6.77. The Balaban J connectivity index is 1.29. The Morgan fingerprint density at radius 3 is 2.74 bits per heavy atom. The molecular weight excluding hydrogens is 362 g/mol. The first-order chi connectivity index (χ1) is 13.1. The summed E-state index contributed by atoms with van der Waals surface area (Å²) in [6, 6.07) is 3.70. The number of hydrogen-bond acceptors (Lipinski definition) is 5. The molecule has 0 radical (unpaired) electrons. The average molecular weight is 392 g/mol. The van der Waals surface area contributed by atoms with Crippen LogP contribution >= 0.6 is 11.6 Å². The normalized spacial score (nSPS) is 28.6. The topological polar surface area (TPSA) is 45.7 Å². The molecule has 0 unspecified atom stereocenters. The van der Waals surface area contributed by atoms with Crippen LogP contribution in [-0.2, 0) is 10.3 Å². The number of hydrogen-bond donors (Lipinski definition) is 0. The number of carbonyl (C=O) groups is 1. The molecule has 6 heteroatoms. The Kier molecular flexibility index (Phi) is 5.72. The fourth-order valence-electron chi connectivity index (χ4n) is 4.96. The monoisotopic (exact) mass is 391 g/mol. The summed E-state index contributed by atoms with van der Waals surface area (Å²) in [5, 5.41) is 0.353. The van der Waals surface area contributed by atoms with Crippen molar-refractivity contribution in [1.82, 2.24) is 14.8 Å². The van der Waals surface area contributed by atoms with E-state index in [0.717, 1.165) is 44.3 Å². The highest BCUT2D eigenvalue weighted by atomic mass is 35.5. The Labute approximate surface area is 167 Å². The smallest absolute Gasteiger partial charge is 0.358 e. The van der Waals surface area contributed by atoms with Crippen molar-refractivity contribution in [3.63, 3.8) is 0 Å². The molecule has 1 saturated heterocycles. The lowest BCUT2D eigenvalue weighted by Gasteiger charge is -2.38. The molecule has 1 saturated carbocycles. The summed E-state index contributed by atoms with van der Waals surface area (Å²) in [6.07, 6.45) is 8.06. The summed E-state index contributed by atoms with van der Waals surface area (Å²) in [5.74, 6) is 0.356. The number of halogens is 1. The molecule has 27 heavy (non-hydrogen) atoms. The maximum absolute atomic E-state index is 12.2. The molecule has 1 aliphatic carbocycles. The fraction of sp³-hybridized carbons (Fsp3) is 0.714. The van der Waals surface area contributed by atoms with Gasteiger partial charge in [0.1, 0.15) is 10.8 Å². The predicted octanol–water partition coefficient (Wildman–Crippen LogP) is 3.71. The summed E-state index contributed by atoms with van der Waals surface area (Å²) >= 11 is 5.95. The van der Waals surface area contributed by atoms with Gasteiger partial charge in [0.05, 0.1) is 0 Å². The number of likely N-dealkylation sites (N-methyl/N-ethyl adjacent to an activating group) is 1. The van der Waals surface area contributed by atoms with E-state index in [9.17, 15) is 4.79 Å². The maximum atomic E-state index is 12.2. The number of fused-ring (bicyclic) bond motifs is 2. The van der Waals surface area contributed by atoms with Gasteiger partial charge in [0, 0.05) is 25.2 Å². The first-order valence-electron chi connectivity index (χ1n) is 10.4. The zero-order valence-corrected chi connectivity index (χ0v) is 17.0. The number of aromatic nitrogens is 1. The van der Waals surface area contributed by atoms with Crippen molar-refractivity contribution < 1.29 is 9.53 Å². The van der Waals surface area contributed by atoms with E-state index < -0.39 is 5.60 Å². The van der Waals surface area contributed by atoms with Crippen molar-refractivity contribution in [1.29, 1.82) is 0 Å². The average Bonchev–Trinajstić information content (AvgIpc) is 2.94. The summed E-state index contributed by atoms with van der Waals surface area (Å²) < 4.78 is 5.82. The molecule has 3 aliphatic rings. The first-order valence-corrected chi connectivity index (χ1v) is 10.7. The molecule has 5 nitrogen and oxygen atoms in total. The van der Waals surface area contributed by atoms with Gasteiger partial charge in [0.25, 0.3) is 0 Å². The highest BCUT2D eigenvalue weighted by molar-refractivity contribution is 6.29. The largest absolute Gasteiger partial charge is 0.449 e. The molecule has 0 N–H and O–H groups in total. The number of rotatable bonds is 5. The lowest BCUT2D eigenvalue weighted by atomic mass is 9.75. The summed E-state index contributed by atoms with van der Waals surface area (Å²) in [6.45, 7) is 5.99. The minimum atomic E-state index is -0.465. The predicted molar refractivity (Wildman–Crippen MR) is 106 cm³/mol. The zero-order valence-electron chi connectivity index (χ0n) is 16.3. The van der Waals surface area contributed by atoms with E-state index in [-0.39, 0.29) is 5.97 Å². The molecular formula is C21H30ClN3O2. The van der Waals surface area contributed by atoms with E-state index in [0.29, 0.717) is 16.8 Å². The van der Waals surface area contributed by atoms with Crippen molar-refractivity contribution in [2.24, 2.45) is 5.92 Å². The van der Waals surface area contributed by atoms with Crippen LogP contribution in [0.5, 0.6) is 0 Å². The molecule has 1 aromatic rings. The third-order valence-electron chi connectivity index (χ3n) is 6.56. The van der Waals surface area contributed by atoms with E-state index in [1.165, 1.54) is 38.9 Å². The lowest BCUT2D eigenvalue weighted by Crippen LogP contribution is -2.39. The molecule has 2 fully saturated rings. The standard InChI is InChI=1S/C21H30ClN3O2/c1-24(13-14-25-11-3-2-4-12-25)15-16-7-9-21(10-8-16)17-5-6-18(22)23-19(17)20(26)27-21/h5-6,16H,2-4,7-15H2,1H3. The van der Waals surface area contributed by atoms with Gasteiger partial charge in [-0.3, -0.25) is 0 Å². The molecule has 1 spiro atoms. The second-order valence-electron chi connectivity index (χ2n) is 8.52. The Hall–Kier alpha value is -1.17. The van der Waals surface area contributed by atoms with E-state index in [1.54, 1.807) is 6.07 Å². The quantitative estimate of drug-likeness (QED) is 0.565. The van der Waals surface area contributed by atoms with Crippen molar-refractivity contribution in [3.8, 4) is 0 Å². The second kappa shape index (κ2) is 8.06. The van der Waals surface area contributed by atoms with Gasteiger partial charge in [-0.1, -0.05) is 18.0 Å². The molecule has 0 bridgehead atoms. The van der Waals surface area contributed by atoms with Crippen molar-refractivity contribution in [2.45, 2.75) is 50.5 Å². The van der Waals surface area contributed by atoms with E-state index >= 15 is 0 Å². The van der Waals surface area contributed by atoms with Gasteiger partial charge >= 0.3 is 5.97 Å². The number of nitrogens with zero attached hydrogens (tertiary/aromatic N) is 3. The Morgan fingerprint density at radius 2 is 2.00 bits per heavy atom. The summed E-state index contributed by atoms with van der Waals surface area (Å²) in [5.41, 5.74) is 0.890. The molecule has 4 rings (SSSR count). The lowest BCUT2D eigenvalue weighted by molar-refractivity contribution is -0.0379. The van der Waals surface area contributed by atoms with Crippen LogP contribution < -0.4 is 0 Å². The van der Waals surface area contributed by atoms with Gasteiger partial charge in [-0.25, -0.2) is 9.78 Å². The highest BCUT2D eigenvalue weighted by Gasteiger charge is 2.48. The number of likely N-dealkylation sites (tertiary alicyclic amines) is 1. The first kappa shape index (κ1) is 19.2. The van der Waals surface area contributed by atoms with Crippen molar-refractivity contribution >= 4 is 17.6 Å². The number of carbonyl (C=O) groups excluding carboxylic acids is 1. The number of piperidine rings is 1. The van der Waals surface area contributed by atoms with E-state index in [4.69, 9.17) is 16.3 Å². The van der Waals surface area contributed by atoms with Crippen molar-refractivity contribution in [2.75, 3.05) is 39.8 Å². The van der Waals surface area contributed by atoms with Crippen LogP contribution in [0.2, 0.25) is 5.15 Å². The molecule has 0 aromatic carbocycles. The van der Waals surface area contributed by atoms with Gasteiger partial charge in [0.2, 0.25) is 0 Å². The fourth-order valence-corrected chi connectivity index (χ4v) is 5.11. The van der Waals surface area contributed by atoms with Gasteiger partial charge in [-0.2, -0.15) is 0 Å². The van der Waals surface area contributed by atoms with Crippen LogP contribution in [0.25, 0.3) is 0 Å². The van der Waals surface area contributed by atoms with Crippen LogP contribution in [0, 0.1) is 5.92 Å². The molecule has 0 amide bonds. The number of ether oxygens (including phenoxy) is 1. The second-order valence-corrected chi connectivity index (χ2v) is 8.91. The molecule has 1 aromatic heterocycles. The summed E-state index contributed by atoms with van der Waals surface area (Å²) in [4.78, 5) is 21.5. The van der Waals surface area contributed by atoms with Gasteiger partial charge in [0.15, 0.2) is 5.69 Å². The van der Waals surface area contributed by atoms with E-state index in [1.807, 2.05) is 6.07 Å². The molecule has 2 aliphatic heterocycles. The van der Waals surface area contributed by atoms with Crippen LogP contribution in [-0.4, -0.2) is 60.5 Å². The summed E-state index contributed by atoms with van der Waals surface area (Å²) in [7, 11) is 2.24. The molecule has 148 valence electrons. The molecule has 3 heterocycles. The van der Waals surface area contributed by atoms with E-state index in [2.05, 4.69) is 21.8 Å². The number of pyridine rings is 1. The molecule has 0 atom stereocenters. The number of esters is 1. The zero-order chi connectivity index (χ0) is 18.9. The van der Waals surface area contributed by atoms with Crippen LogP contribution in [0.4, 0.5) is 0 Å². The third kappa shape index (κ3) is 4.15. The SMILES string of the molecule is CN(CCN1CCCCC1)CC1CCC2(CC1)OC(=O)c1nc(Cl)ccc12. The van der Waals surface area contributed by atoms with Gasteiger partial charge in [-0.15, -0.1) is 0 Å². The van der Waals surface area contributed by atoms with Crippen LogP contribution in [0.15, 0.2) is 12.1 Å². The maximum Gasteiger partial charge on any atom is 0.358 e. The minimum Gasteiger partial charge on any atom is -0.449 e. The van der Waals surface area contributed by atoms with Gasteiger partial charge < -0.3 is 14.5 Å². The van der Waals surface area contributed by atoms with Crippen molar-refractivity contribution in [3.05, 3.63) is 28.5 Å². The van der Waals surface area contributed by atoms with Gasteiger partial charge in [-0.05, 0) is 76.7 Å². The van der Waals surface area contributed by atoms with Crippen LogP contribution in [0.3, 0.4) is 0 Å². The van der Waals surface area contributed by atoms with Crippen LogP contribution in [0.1, 0.15) is 61.0 Å². The minimum absolute atomic E-state index is 0.315. The Bertz CT molecular complexity index is 682.